The van der Waals surface area contributed by atoms with Crippen molar-refractivity contribution in [1.29, 1.82) is 0 Å². The number of carbonyl (C=O) groups excluding carboxylic acids is 2. The molecular formula is C21H28FN3O4. The maximum absolute atomic E-state index is 13.3. The fourth-order valence-electron chi connectivity index (χ4n) is 3.61. The van der Waals surface area contributed by atoms with Crippen molar-refractivity contribution in [3.63, 3.8) is 0 Å². The second-order valence-electron chi connectivity index (χ2n) is 7.39. The molecule has 0 bridgehead atoms. The Morgan fingerprint density at radius 1 is 1.24 bits per heavy atom. The zero-order chi connectivity index (χ0) is 20.6. The van der Waals surface area contributed by atoms with Crippen molar-refractivity contribution in [3.05, 3.63) is 47.8 Å². The third-order valence-corrected chi connectivity index (χ3v) is 5.18. The van der Waals surface area contributed by atoms with Crippen molar-refractivity contribution in [2.75, 3.05) is 32.8 Å². The summed E-state index contributed by atoms with van der Waals surface area (Å²) < 4.78 is 19.1. The first kappa shape index (κ1) is 21.4. The van der Waals surface area contributed by atoms with Gasteiger partial charge in [-0.05, 0) is 44.1 Å². The largest absolute Gasteiger partial charge is 0.394 e. The van der Waals surface area contributed by atoms with Crippen molar-refractivity contribution in [3.8, 4) is 0 Å². The highest BCUT2D eigenvalue weighted by Gasteiger charge is 2.29. The van der Waals surface area contributed by atoms with Gasteiger partial charge in [0.15, 0.2) is 0 Å². The number of ether oxygens (including phenoxy) is 1. The Morgan fingerprint density at radius 3 is 2.76 bits per heavy atom. The van der Waals surface area contributed by atoms with Crippen LogP contribution in [0.25, 0.3) is 0 Å². The number of aliphatic hydroxyl groups is 1. The summed E-state index contributed by atoms with van der Waals surface area (Å²) in [5.74, 6) is -1.07. The normalized spacial score (nSPS) is 24.4. The Balaban J connectivity index is 1.47. The molecule has 0 aromatic heterocycles. The number of rotatable bonds is 8. The maximum atomic E-state index is 13.3. The number of hydrogen-bond donors (Lipinski definition) is 3. The van der Waals surface area contributed by atoms with Crippen LogP contribution in [0.1, 0.15) is 29.6 Å². The maximum Gasteiger partial charge on any atom is 0.251 e. The molecule has 0 spiro atoms. The summed E-state index contributed by atoms with van der Waals surface area (Å²) in [4.78, 5) is 26.8. The van der Waals surface area contributed by atoms with Gasteiger partial charge in [0.1, 0.15) is 11.9 Å². The molecule has 1 fully saturated rings. The lowest BCUT2D eigenvalue weighted by Crippen LogP contribution is -2.49. The average molecular weight is 405 g/mol. The number of amides is 2. The molecule has 7 nitrogen and oxygen atoms in total. The van der Waals surface area contributed by atoms with Gasteiger partial charge in [-0.25, -0.2) is 4.39 Å². The number of aliphatic hydroxyl groups excluding tert-OH is 1. The molecule has 2 aliphatic rings. The van der Waals surface area contributed by atoms with Crippen molar-refractivity contribution < 1.29 is 23.8 Å². The first-order valence-corrected chi connectivity index (χ1v) is 10.1. The fraction of sp³-hybridized carbons (Fsp3) is 0.524. The molecule has 2 aliphatic heterocycles. The van der Waals surface area contributed by atoms with E-state index in [0.717, 1.165) is 25.7 Å². The highest BCUT2D eigenvalue weighted by atomic mass is 19.1. The monoisotopic (exact) mass is 405 g/mol. The third kappa shape index (κ3) is 6.35. The number of nitrogens with zero attached hydrogens (tertiary/aromatic N) is 1. The molecule has 3 N–H and O–H groups in total. The van der Waals surface area contributed by atoms with Gasteiger partial charge in [-0.1, -0.05) is 18.2 Å². The van der Waals surface area contributed by atoms with Crippen LogP contribution in [0.4, 0.5) is 4.39 Å². The Kier molecular flexibility index (Phi) is 7.74. The summed E-state index contributed by atoms with van der Waals surface area (Å²) >= 11 is 0. The van der Waals surface area contributed by atoms with E-state index in [4.69, 9.17) is 4.74 Å². The van der Waals surface area contributed by atoms with E-state index >= 15 is 0 Å². The lowest BCUT2D eigenvalue weighted by atomic mass is 10.0. The number of hydrogen-bond acceptors (Lipinski definition) is 5. The molecule has 0 saturated carbocycles. The second-order valence-corrected chi connectivity index (χ2v) is 7.39. The van der Waals surface area contributed by atoms with E-state index in [1.54, 1.807) is 12.2 Å². The van der Waals surface area contributed by atoms with Crippen LogP contribution in [0.3, 0.4) is 0 Å². The van der Waals surface area contributed by atoms with Gasteiger partial charge in [0.2, 0.25) is 5.91 Å². The SMILES string of the molecule is O=C(C[C@@H]1C=C[C@H](NC(=O)c2cccc(F)c2)[C@@H](CO)O1)NCCN1CCCC1. The lowest BCUT2D eigenvalue weighted by Gasteiger charge is -2.31. The summed E-state index contributed by atoms with van der Waals surface area (Å²) in [5.41, 5.74) is 0.189. The standard InChI is InChI=1S/C21H28FN3O4/c22-16-5-3-4-15(12-16)21(28)24-18-7-6-17(29-19(18)14-26)13-20(27)23-8-11-25-9-1-2-10-25/h3-7,12,17-19,26H,1-2,8-11,13-14H2,(H,23,27)(H,24,28)/t17-,18-,19+/m0/s1. The topological polar surface area (TPSA) is 90.9 Å². The molecule has 158 valence electrons. The highest BCUT2D eigenvalue weighted by molar-refractivity contribution is 5.94. The first-order valence-electron chi connectivity index (χ1n) is 10.1. The van der Waals surface area contributed by atoms with Gasteiger partial charge in [-0.2, -0.15) is 0 Å². The number of benzene rings is 1. The van der Waals surface area contributed by atoms with E-state index in [0.29, 0.717) is 6.54 Å². The Bertz CT molecular complexity index is 736. The molecule has 0 radical (unpaired) electrons. The van der Waals surface area contributed by atoms with E-state index in [2.05, 4.69) is 15.5 Å². The van der Waals surface area contributed by atoms with Crippen molar-refractivity contribution in [2.45, 2.75) is 37.5 Å². The van der Waals surface area contributed by atoms with E-state index in [1.165, 1.54) is 31.0 Å². The van der Waals surface area contributed by atoms with Crippen LogP contribution in [0.2, 0.25) is 0 Å². The first-order chi connectivity index (χ1) is 14.0. The van der Waals surface area contributed by atoms with Gasteiger partial charge in [0, 0.05) is 18.7 Å². The summed E-state index contributed by atoms with van der Waals surface area (Å²) in [6, 6.07) is 4.81. The summed E-state index contributed by atoms with van der Waals surface area (Å²) in [5, 5.41) is 15.2. The molecule has 0 unspecified atom stereocenters. The molecule has 0 aliphatic carbocycles. The van der Waals surface area contributed by atoms with Crippen LogP contribution in [-0.4, -0.2) is 72.9 Å². The van der Waals surface area contributed by atoms with Gasteiger partial charge in [0.25, 0.3) is 5.91 Å². The smallest absolute Gasteiger partial charge is 0.251 e. The predicted octanol–water partition coefficient (Wildman–Crippen LogP) is 0.842. The third-order valence-electron chi connectivity index (χ3n) is 5.18. The van der Waals surface area contributed by atoms with Crippen LogP contribution in [0, 0.1) is 5.82 Å². The minimum atomic E-state index is -0.681. The van der Waals surface area contributed by atoms with Gasteiger partial charge >= 0.3 is 0 Å². The quantitative estimate of drug-likeness (QED) is 0.558. The molecule has 2 heterocycles. The molecule has 3 atom stereocenters. The van der Waals surface area contributed by atoms with Crippen molar-refractivity contribution in [2.24, 2.45) is 0 Å². The van der Waals surface area contributed by atoms with E-state index in [1.807, 2.05) is 0 Å². The Labute approximate surface area is 169 Å². The zero-order valence-corrected chi connectivity index (χ0v) is 16.4. The molecule has 29 heavy (non-hydrogen) atoms. The number of carbonyl (C=O) groups is 2. The van der Waals surface area contributed by atoms with E-state index < -0.39 is 30.0 Å². The molecular weight excluding hydrogens is 377 g/mol. The van der Waals surface area contributed by atoms with E-state index in [9.17, 15) is 19.1 Å². The van der Waals surface area contributed by atoms with Gasteiger partial charge in [-0.3, -0.25) is 9.59 Å². The van der Waals surface area contributed by atoms with E-state index in [-0.39, 0.29) is 24.5 Å². The molecule has 3 rings (SSSR count). The number of halogens is 1. The highest BCUT2D eigenvalue weighted by Crippen LogP contribution is 2.16. The van der Waals surface area contributed by atoms with Crippen molar-refractivity contribution >= 4 is 11.8 Å². The zero-order valence-electron chi connectivity index (χ0n) is 16.4. The van der Waals surface area contributed by atoms with Crippen LogP contribution < -0.4 is 10.6 Å². The summed E-state index contributed by atoms with van der Waals surface area (Å²) in [6.07, 6.45) is 4.85. The van der Waals surface area contributed by atoms with Crippen LogP contribution >= 0.6 is 0 Å². The Hall–Kier alpha value is -2.29. The van der Waals surface area contributed by atoms with Crippen molar-refractivity contribution in [1.82, 2.24) is 15.5 Å². The summed E-state index contributed by atoms with van der Waals surface area (Å²) in [6.45, 7) is 3.31. The van der Waals surface area contributed by atoms with Gasteiger partial charge < -0.3 is 25.4 Å². The molecule has 1 saturated heterocycles. The van der Waals surface area contributed by atoms with Crippen LogP contribution in [-0.2, 0) is 9.53 Å². The predicted molar refractivity (Wildman–Crippen MR) is 106 cm³/mol. The van der Waals surface area contributed by atoms with Gasteiger partial charge in [-0.15, -0.1) is 0 Å². The second kappa shape index (κ2) is 10.5. The van der Waals surface area contributed by atoms with Gasteiger partial charge in [0.05, 0.1) is 25.2 Å². The molecule has 2 amide bonds. The fourth-order valence-corrected chi connectivity index (χ4v) is 3.61. The molecule has 1 aromatic carbocycles. The molecule has 1 aromatic rings. The lowest BCUT2D eigenvalue weighted by molar-refractivity contribution is -0.125. The Morgan fingerprint density at radius 2 is 2.03 bits per heavy atom. The summed E-state index contributed by atoms with van der Waals surface area (Å²) in [7, 11) is 0. The minimum absolute atomic E-state index is 0.113. The number of likely N-dealkylation sites (tertiary alicyclic amines) is 1. The van der Waals surface area contributed by atoms with Crippen LogP contribution in [0.5, 0.6) is 0 Å². The number of nitrogens with one attached hydrogen (secondary N) is 2. The van der Waals surface area contributed by atoms with Crippen LogP contribution in [0.15, 0.2) is 36.4 Å². The minimum Gasteiger partial charge on any atom is -0.394 e. The molecule has 8 heteroatoms. The average Bonchev–Trinajstić information content (AvgIpc) is 3.22.